The third-order valence-electron chi connectivity index (χ3n) is 1.84. The maximum absolute atomic E-state index is 9.64. The molecule has 0 aliphatic carbocycles. The highest BCUT2D eigenvalue weighted by molar-refractivity contribution is 5.17. The molecule has 0 aromatic heterocycles. The maximum Gasteiger partial charge on any atom is 0.0914 e. The van der Waals surface area contributed by atoms with E-state index in [1.165, 1.54) is 0 Å². The molecule has 0 bridgehead atoms. The predicted molar refractivity (Wildman–Crippen MR) is 53.3 cm³/mol. The molecule has 3 heteroatoms. The van der Waals surface area contributed by atoms with Gasteiger partial charge < -0.3 is 16.2 Å². The van der Waals surface area contributed by atoms with Gasteiger partial charge in [-0.1, -0.05) is 30.3 Å². The highest BCUT2D eigenvalue weighted by atomic mass is 16.3. The number of nitrogens with two attached hydrogens (primary N) is 1. The van der Waals surface area contributed by atoms with Crippen molar-refractivity contribution in [2.24, 2.45) is 5.73 Å². The first-order valence-corrected chi connectivity index (χ1v) is 4.48. The van der Waals surface area contributed by atoms with Gasteiger partial charge in [0.15, 0.2) is 0 Å². The third-order valence-corrected chi connectivity index (χ3v) is 1.84. The average molecular weight is 180 g/mol. The van der Waals surface area contributed by atoms with E-state index < -0.39 is 6.10 Å². The molecule has 72 valence electrons. The van der Waals surface area contributed by atoms with Crippen molar-refractivity contribution < 1.29 is 5.11 Å². The number of hydrogen-bond donors (Lipinski definition) is 3. The van der Waals surface area contributed by atoms with E-state index in [0.717, 1.165) is 12.1 Å². The smallest absolute Gasteiger partial charge is 0.0914 e. The van der Waals surface area contributed by atoms with Crippen molar-refractivity contribution in [3.8, 4) is 0 Å². The summed E-state index contributed by atoms with van der Waals surface area (Å²) in [4.78, 5) is 0. The molecule has 13 heavy (non-hydrogen) atoms. The first-order valence-electron chi connectivity index (χ1n) is 4.48. The zero-order valence-corrected chi connectivity index (χ0v) is 7.61. The van der Waals surface area contributed by atoms with E-state index >= 15 is 0 Å². The van der Waals surface area contributed by atoms with Gasteiger partial charge in [0.2, 0.25) is 0 Å². The molecule has 0 saturated heterocycles. The van der Waals surface area contributed by atoms with Gasteiger partial charge in [0.25, 0.3) is 0 Å². The predicted octanol–water partition coefficient (Wildman–Crippen LogP) is 0.268. The van der Waals surface area contributed by atoms with Crippen LogP contribution in [0.1, 0.15) is 11.7 Å². The first-order chi connectivity index (χ1) is 6.34. The minimum Gasteiger partial charge on any atom is -0.387 e. The van der Waals surface area contributed by atoms with Gasteiger partial charge in [-0.15, -0.1) is 0 Å². The number of nitrogens with one attached hydrogen (secondary N) is 1. The topological polar surface area (TPSA) is 58.3 Å². The largest absolute Gasteiger partial charge is 0.387 e. The second-order valence-corrected chi connectivity index (χ2v) is 2.92. The van der Waals surface area contributed by atoms with Crippen molar-refractivity contribution >= 4 is 0 Å². The molecule has 0 fully saturated rings. The molecule has 0 aliphatic heterocycles. The summed E-state index contributed by atoms with van der Waals surface area (Å²) >= 11 is 0. The van der Waals surface area contributed by atoms with Crippen LogP contribution in [0.5, 0.6) is 0 Å². The summed E-state index contributed by atoms with van der Waals surface area (Å²) in [6, 6.07) is 9.59. The standard InChI is InChI=1S/C10H16N2O/c11-6-7-12-8-10(13)9-4-2-1-3-5-9/h1-5,10,12-13H,6-8,11H2. The first kappa shape index (κ1) is 10.2. The second kappa shape index (κ2) is 5.70. The summed E-state index contributed by atoms with van der Waals surface area (Å²) in [5.74, 6) is 0. The van der Waals surface area contributed by atoms with Crippen LogP contribution < -0.4 is 11.1 Å². The van der Waals surface area contributed by atoms with Crippen LogP contribution in [-0.4, -0.2) is 24.7 Å². The molecule has 1 atom stereocenters. The fraction of sp³-hybridized carbons (Fsp3) is 0.400. The van der Waals surface area contributed by atoms with Crippen molar-refractivity contribution in [1.29, 1.82) is 0 Å². The lowest BCUT2D eigenvalue weighted by molar-refractivity contribution is 0.175. The minimum atomic E-state index is -0.437. The maximum atomic E-state index is 9.64. The van der Waals surface area contributed by atoms with Gasteiger partial charge in [-0.2, -0.15) is 0 Å². The van der Waals surface area contributed by atoms with E-state index in [0.29, 0.717) is 13.1 Å². The van der Waals surface area contributed by atoms with Crippen molar-refractivity contribution in [2.75, 3.05) is 19.6 Å². The molecular weight excluding hydrogens is 164 g/mol. The number of benzene rings is 1. The molecule has 0 aliphatic rings. The lowest BCUT2D eigenvalue weighted by atomic mass is 10.1. The van der Waals surface area contributed by atoms with Gasteiger partial charge in [0, 0.05) is 19.6 Å². The van der Waals surface area contributed by atoms with Crippen molar-refractivity contribution in [3.63, 3.8) is 0 Å². The molecule has 1 unspecified atom stereocenters. The Bertz CT molecular complexity index is 226. The molecule has 0 heterocycles. The van der Waals surface area contributed by atoms with Crippen LogP contribution in [0, 0.1) is 0 Å². The Morgan fingerprint density at radius 3 is 2.62 bits per heavy atom. The highest BCUT2D eigenvalue weighted by Crippen LogP contribution is 2.09. The van der Waals surface area contributed by atoms with Crippen LogP contribution in [0.25, 0.3) is 0 Å². The van der Waals surface area contributed by atoms with Gasteiger partial charge in [-0.25, -0.2) is 0 Å². The number of hydrogen-bond acceptors (Lipinski definition) is 3. The van der Waals surface area contributed by atoms with E-state index in [-0.39, 0.29) is 0 Å². The fourth-order valence-electron chi connectivity index (χ4n) is 1.13. The Labute approximate surface area is 78.6 Å². The molecule has 1 aromatic rings. The Morgan fingerprint density at radius 1 is 1.31 bits per heavy atom. The van der Waals surface area contributed by atoms with Gasteiger partial charge in [-0.05, 0) is 5.56 Å². The van der Waals surface area contributed by atoms with Crippen molar-refractivity contribution in [2.45, 2.75) is 6.10 Å². The average Bonchev–Trinajstić information content (AvgIpc) is 2.19. The Balaban J connectivity index is 2.35. The second-order valence-electron chi connectivity index (χ2n) is 2.92. The normalized spacial score (nSPS) is 12.8. The quantitative estimate of drug-likeness (QED) is 0.570. The van der Waals surface area contributed by atoms with E-state index in [2.05, 4.69) is 5.32 Å². The van der Waals surface area contributed by atoms with Crippen molar-refractivity contribution in [1.82, 2.24) is 5.32 Å². The number of aliphatic hydroxyl groups is 1. The summed E-state index contributed by atoms with van der Waals surface area (Å²) < 4.78 is 0. The summed E-state index contributed by atoms with van der Waals surface area (Å²) in [6.07, 6.45) is -0.437. The lowest BCUT2D eigenvalue weighted by Crippen LogP contribution is -2.27. The third kappa shape index (κ3) is 3.55. The Morgan fingerprint density at radius 2 is 2.00 bits per heavy atom. The zero-order chi connectivity index (χ0) is 9.52. The zero-order valence-electron chi connectivity index (χ0n) is 7.61. The molecule has 0 amide bonds. The summed E-state index contributed by atoms with van der Waals surface area (Å²) in [5.41, 5.74) is 6.25. The SMILES string of the molecule is NCCNCC(O)c1ccccc1. The lowest BCUT2D eigenvalue weighted by Gasteiger charge is -2.11. The van der Waals surface area contributed by atoms with Crippen LogP contribution in [-0.2, 0) is 0 Å². The van der Waals surface area contributed by atoms with E-state index in [4.69, 9.17) is 5.73 Å². The van der Waals surface area contributed by atoms with Gasteiger partial charge in [-0.3, -0.25) is 0 Å². The molecule has 0 saturated carbocycles. The molecule has 4 N–H and O–H groups in total. The van der Waals surface area contributed by atoms with Gasteiger partial charge in [0.05, 0.1) is 6.10 Å². The number of rotatable bonds is 5. The van der Waals surface area contributed by atoms with E-state index in [1.807, 2.05) is 30.3 Å². The molecular formula is C10H16N2O. The molecule has 1 rings (SSSR count). The van der Waals surface area contributed by atoms with E-state index in [9.17, 15) is 5.11 Å². The molecule has 1 aromatic carbocycles. The monoisotopic (exact) mass is 180 g/mol. The Hall–Kier alpha value is -0.900. The van der Waals surface area contributed by atoms with E-state index in [1.54, 1.807) is 0 Å². The summed E-state index contributed by atoms with van der Waals surface area (Å²) in [6.45, 7) is 1.90. The van der Waals surface area contributed by atoms with Crippen LogP contribution >= 0.6 is 0 Å². The molecule has 3 nitrogen and oxygen atoms in total. The summed E-state index contributed by atoms with van der Waals surface area (Å²) in [5, 5.41) is 12.7. The molecule has 0 radical (unpaired) electrons. The highest BCUT2D eigenvalue weighted by Gasteiger charge is 2.04. The molecule has 0 spiro atoms. The van der Waals surface area contributed by atoms with Crippen molar-refractivity contribution in [3.05, 3.63) is 35.9 Å². The van der Waals surface area contributed by atoms with Gasteiger partial charge >= 0.3 is 0 Å². The van der Waals surface area contributed by atoms with Gasteiger partial charge in [0.1, 0.15) is 0 Å². The fourth-order valence-corrected chi connectivity index (χ4v) is 1.13. The van der Waals surface area contributed by atoms with Crippen LogP contribution in [0.2, 0.25) is 0 Å². The number of aliphatic hydroxyl groups excluding tert-OH is 1. The van der Waals surface area contributed by atoms with Crippen LogP contribution in [0.15, 0.2) is 30.3 Å². The van der Waals surface area contributed by atoms with Crippen LogP contribution in [0.4, 0.5) is 0 Å². The Kier molecular flexibility index (Phi) is 4.46. The minimum absolute atomic E-state index is 0.437. The van der Waals surface area contributed by atoms with Crippen LogP contribution in [0.3, 0.4) is 0 Å². The summed E-state index contributed by atoms with van der Waals surface area (Å²) in [7, 11) is 0.